The molecule has 1 fully saturated rings. The molecule has 1 atom stereocenters. The Morgan fingerprint density at radius 3 is 2.79 bits per heavy atom. The molecule has 0 unspecified atom stereocenters. The minimum absolute atomic E-state index is 0.0953. The third-order valence-corrected chi connectivity index (χ3v) is 6.10. The third kappa shape index (κ3) is 4.20. The van der Waals surface area contributed by atoms with Crippen molar-refractivity contribution in [1.82, 2.24) is 9.62 Å². The second-order valence-electron chi connectivity index (χ2n) is 5.62. The molecule has 0 radical (unpaired) electrons. The smallest absolute Gasteiger partial charge is 0.243 e. The first kappa shape index (κ1) is 19.0. The van der Waals surface area contributed by atoms with Crippen molar-refractivity contribution in [2.75, 3.05) is 26.2 Å². The van der Waals surface area contributed by atoms with Crippen LogP contribution in [-0.4, -0.2) is 44.9 Å². The quantitative estimate of drug-likeness (QED) is 0.828. The van der Waals surface area contributed by atoms with E-state index in [2.05, 4.69) is 5.32 Å². The lowest BCUT2D eigenvalue weighted by Gasteiger charge is -2.31. The molecule has 1 aliphatic heterocycles. The molecular formula is C16H23ClN2O4S. The lowest BCUT2D eigenvalue weighted by Crippen LogP contribution is -2.45. The van der Waals surface area contributed by atoms with Gasteiger partial charge in [0.1, 0.15) is 5.75 Å². The van der Waals surface area contributed by atoms with Crippen LogP contribution in [0.25, 0.3) is 0 Å². The number of amides is 1. The van der Waals surface area contributed by atoms with Crippen molar-refractivity contribution in [1.29, 1.82) is 0 Å². The van der Waals surface area contributed by atoms with E-state index in [1.165, 1.54) is 16.4 Å². The maximum atomic E-state index is 12.8. The van der Waals surface area contributed by atoms with Crippen molar-refractivity contribution in [3.05, 3.63) is 23.2 Å². The Balaban J connectivity index is 2.20. The van der Waals surface area contributed by atoms with Crippen LogP contribution in [0.1, 0.15) is 26.7 Å². The number of nitrogens with zero attached hydrogens (tertiary/aromatic N) is 1. The van der Waals surface area contributed by atoms with E-state index in [0.717, 1.165) is 0 Å². The number of hydrogen-bond donors (Lipinski definition) is 1. The summed E-state index contributed by atoms with van der Waals surface area (Å²) in [4.78, 5) is 12.1. The molecule has 8 heteroatoms. The Morgan fingerprint density at radius 2 is 2.17 bits per heavy atom. The topological polar surface area (TPSA) is 75.7 Å². The maximum Gasteiger partial charge on any atom is 0.243 e. The van der Waals surface area contributed by atoms with Gasteiger partial charge in [-0.05, 0) is 44.9 Å². The Hall–Kier alpha value is -1.31. The van der Waals surface area contributed by atoms with Gasteiger partial charge in [-0.25, -0.2) is 8.42 Å². The summed E-state index contributed by atoms with van der Waals surface area (Å²) in [6.45, 7) is 5.26. The molecular weight excluding hydrogens is 352 g/mol. The second kappa shape index (κ2) is 8.18. The summed E-state index contributed by atoms with van der Waals surface area (Å²) < 4.78 is 32.4. The van der Waals surface area contributed by atoms with Gasteiger partial charge in [-0.3, -0.25) is 4.79 Å². The van der Waals surface area contributed by atoms with Gasteiger partial charge >= 0.3 is 0 Å². The highest BCUT2D eigenvalue weighted by Gasteiger charge is 2.33. The van der Waals surface area contributed by atoms with Gasteiger partial charge < -0.3 is 10.1 Å². The van der Waals surface area contributed by atoms with Crippen molar-refractivity contribution in [3.8, 4) is 5.75 Å². The minimum atomic E-state index is -3.68. The van der Waals surface area contributed by atoms with E-state index in [0.29, 0.717) is 38.3 Å². The minimum Gasteiger partial charge on any atom is -0.492 e. The average molecular weight is 375 g/mol. The zero-order chi connectivity index (χ0) is 17.7. The number of carbonyl (C=O) groups is 1. The van der Waals surface area contributed by atoms with Crippen LogP contribution in [-0.2, 0) is 14.8 Å². The number of sulfonamides is 1. The standard InChI is InChI=1S/C16H23ClN2O4S/c1-3-18-16(20)12-6-5-9-19(11-12)24(21,22)13-7-8-15(23-4-2)14(17)10-13/h7-8,10,12H,3-6,9,11H2,1-2H3,(H,18,20)/t12-/m1/s1. The van der Waals surface area contributed by atoms with Gasteiger partial charge in [-0.15, -0.1) is 0 Å². The zero-order valence-electron chi connectivity index (χ0n) is 13.9. The summed E-state index contributed by atoms with van der Waals surface area (Å²) in [5.74, 6) is 0.0470. The van der Waals surface area contributed by atoms with Crippen LogP contribution >= 0.6 is 11.6 Å². The van der Waals surface area contributed by atoms with E-state index in [9.17, 15) is 13.2 Å². The van der Waals surface area contributed by atoms with Gasteiger partial charge in [0, 0.05) is 19.6 Å². The summed E-state index contributed by atoms with van der Waals surface area (Å²) in [6, 6.07) is 4.45. The molecule has 0 aliphatic carbocycles. The van der Waals surface area contributed by atoms with Crippen LogP contribution in [0.3, 0.4) is 0 Å². The molecule has 1 amide bonds. The Morgan fingerprint density at radius 1 is 1.42 bits per heavy atom. The molecule has 0 aromatic heterocycles. The van der Waals surface area contributed by atoms with Crippen molar-refractivity contribution in [2.24, 2.45) is 5.92 Å². The van der Waals surface area contributed by atoms with Gasteiger partial charge in [-0.2, -0.15) is 4.31 Å². The number of benzene rings is 1. The molecule has 0 bridgehead atoms. The predicted molar refractivity (Wildman–Crippen MR) is 92.8 cm³/mol. The number of carbonyl (C=O) groups excluding carboxylic acids is 1. The van der Waals surface area contributed by atoms with E-state index in [1.807, 2.05) is 13.8 Å². The lowest BCUT2D eigenvalue weighted by molar-refractivity contribution is -0.125. The summed E-state index contributed by atoms with van der Waals surface area (Å²) >= 11 is 6.10. The van der Waals surface area contributed by atoms with E-state index in [1.54, 1.807) is 6.07 Å². The fraction of sp³-hybridized carbons (Fsp3) is 0.562. The van der Waals surface area contributed by atoms with Crippen molar-refractivity contribution in [3.63, 3.8) is 0 Å². The molecule has 1 N–H and O–H groups in total. The monoisotopic (exact) mass is 374 g/mol. The number of halogens is 1. The predicted octanol–water partition coefficient (Wildman–Crippen LogP) is 2.28. The number of nitrogens with one attached hydrogen (secondary N) is 1. The lowest BCUT2D eigenvalue weighted by atomic mass is 9.99. The number of rotatable bonds is 6. The zero-order valence-corrected chi connectivity index (χ0v) is 15.5. The summed E-state index contributed by atoms with van der Waals surface area (Å²) in [5.41, 5.74) is 0. The molecule has 134 valence electrons. The first-order chi connectivity index (χ1) is 11.4. The van der Waals surface area contributed by atoms with Crippen LogP contribution in [0.2, 0.25) is 5.02 Å². The number of ether oxygens (including phenoxy) is 1. The Labute approximate surface area is 148 Å². The van der Waals surface area contributed by atoms with Crippen molar-refractivity contribution in [2.45, 2.75) is 31.6 Å². The molecule has 0 spiro atoms. The SMILES string of the molecule is CCNC(=O)[C@@H]1CCCN(S(=O)(=O)c2ccc(OCC)c(Cl)c2)C1. The fourth-order valence-corrected chi connectivity index (χ4v) is 4.61. The first-order valence-electron chi connectivity index (χ1n) is 8.10. The van der Waals surface area contributed by atoms with Crippen LogP contribution in [0, 0.1) is 5.92 Å². The van der Waals surface area contributed by atoms with Gasteiger partial charge in [0.05, 0.1) is 22.4 Å². The largest absolute Gasteiger partial charge is 0.492 e. The number of hydrogen-bond acceptors (Lipinski definition) is 4. The van der Waals surface area contributed by atoms with Gasteiger partial charge in [0.2, 0.25) is 15.9 Å². The highest BCUT2D eigenvalue weighted by molar-refractivity contribution is 7.89. The van der Waals surface area contributed by atoms with E-state index < -0.39 is 10.0 Å². The molecule has 6 nitrogen and oxygen atoms in total. The van der Waals surface area contributed by atoms with Crippen LogP contribution in [0.5, 0.6) is 5.75 Å². The molecule has 1 heterocycles. The van der Waals surface area contributed by atoms with Gasteiger partial charge in [-0.1, -0.05) is 11.6 Å². The van der Waals surface area contributed by atoms with Crippen molar-refractivity contribution < 1.29 is 17.9 Å². The summed E-state index contributed by atoms with van der Waals surface area (Å²) in [6.07, 6.45) is 1.35. The maximum absolute atomic E-state index is 12.8. The van der Waals surface area contributed by atoms with Gasteiger partial charge in [0.15, 0.2) is 0 Å². The molecule has 1 aromatic rings. The fourth-order valence-electron chi connectivity index (χ4n) is 2.76. The second-order valence-corrected chi connectivity index (χ2v) is 7.97. The first-order valence-corrected chi connectivity index (χ1v) is 9.92. The molecule has 1 aliphatic rings. The highest BCUT2D eigenvalue weighted by atomic mass is 35.5. The summed E-state index contributed by atoms with van der Waals surface area (Å²) in [5, 5.41) is 3.02. The van der Waals surface area contributed by atoms with E-state index in [4.69, 9.17) is 16.3 Å². The van der Waals surface area contributed by atoms with E-state index >= 15 is 0 Å². The summed E-state index contributed by atoms with van der Waals surface area (Å²) in [7, 11) is -3.68. The van der Waals surface area contributed by atoms with Crippen molar-refractivity contribution >= 4 is 27.5 Å². The molecule has 1 saturated heterocycles. The highest BCUT2D eigenvalue weighted by Crippen LogP contribution is 2.30. The number of piperidine rings is 1. The molecule has 0 saturated carbocycles. The average Bonchev–Trinajstić information content (AvgIpc) is 2.57. The Kier molecular flexibility index (Phi) is 6.48. The molecule has 24 heavy (non-hydrogen) atoms. The van der Waals surface area contributed by atoms with Crippen LogP contribution in [0.4, 0.5) is 0 Å². The molecule has 1 aromatic carbocycles. The van der Waals surface area contributed by atoms with E-state index in [-0.39, 0.29) is 28.3 Å². The van der Waals surface area contributed by atoms with Gasteiger partial charge in [0.25, 0.3) is 0 Å². The van der Waals surface area contributed by atoms with Crippen LogP contribution < -0.4 is 10.1 Å². The van der Waals surface area contributed by atoms with Crippen LogP contribution in [0.15, 0.2) is 23.1 Å². The third-order valence-electron chi connectivity index (χ3n) is 3.95. The normalized spacial score (nSPS) is 19.0. The molecule has 2 rings (SSSR count). The Bertz CT molecular complexity index is 693.